The van der Waals surface area contributed by atoms with Crippen molar-refractivity contribution in [3.05, 3.63) is 35.4 Å². The molecule has 2 atom stereocenters. The van der Waals surface area contributed by atoms with Gasteiger partial charge in [-0.1, -0.05) is 44.5 Å². The molecular weight excluding hydrogens is 232 g/mol. The molecule has 2 unspecified atom stereocenters. The number of nitrogens with one attached hydrogen (secondary N) is 1. The highest BCUT2D eigenvalue weighted by Gasteiger charge is 2.20. The first-order valence-electron chi connectivity index (χ1n) is 7.71. The minimum Gasteiger partial charge on any atom is -0.315 e. The van der Waals surface area contributed by atoms with E-state index in [-0.39, 0.29) is 0 Å². The van der Waals surface area contributed by atoms with E-state index in [0.29, 0.717) is 6.04 Å². The Morgan fingerprint density at radius 3 is 2.68 bits per heavy atom. The summed E-state index contributed by atoms with van der Waals surface area (Å²) in [4.78, 5) is 2.62. The average molecular weight is 260 g/mol. The number of nitrogens with zero attached hydrogens (tertiary/aromatic N) is 1. The molecule has 2 heteroatoms. The summed E-state index contributed by atoms with van der Waals surface area (Å²) in [6, 6.07) is 9.54. The molecule has 0 saturated carbocycles. The summed E-state index contributed by atoms with van der Waals surface area (Å²) in [7, 11) is 2.10. The van der Waals surface area contributed by atoms with E-state index >= 15 is 0 Å². The van der Waals surface area contributed by atoms with Crippen LogP contribution >= 0.6 is 0 Å². The van der Waals surface area contributed by atoms with Gasteiger partial charge in [0.2, 0.25) is 0 Å². The maximum absolute atomic E-state index is 3.50. The third kappa shape index (κ3) is 3.80. The molecule has 0 amide bonds. The summed E-state index contributed by atoms with van der Waals surface area (Å²) < 4.78 is 0. The normalized spacial score (nSPS) is 19.5. The Hall–Kier alpha value is -0.860. The number of aryl methyl sites for hydroxylation is 1. The standard InChI is InChI=1S/C17H28N2/c1-4-14(2)17(18-3)13-19-11-7-10-15-8-5-6-9-16(15)12-19/h5-6,8-9,14,17-18H,4,7,10-13H2,1-3H3. The van der Waals surface area contributed by atoms with Gasteiger partial charge in [0.25, 0.3) is 0 Å². The van der Waals surface area contributed by atoms with E-state index in [1.54, 1.807) is 5.56 Å². The SMILES string of the molecule is CCC(C)C(CN1CCCc2ccccc2C1)NC. The van der Waals surface area contributed by atoms with E-state index in [4.69, 9.17) is 0 Å². The van der Waals surface area contributed by atoms with Crippen LogP contribution in [0.4, 0.5) is 0 Å². The largest absolute Gasteiger partial charge is 0.315 e. The van der Waals surface area contributed by atoms with Gasteiger partial charge in [0.05, 0.1) is 0 Å². The second-order valence-electron chi connectivity index (χ2n) is 5.89. The Morgan fingerprint density at radius 1 is 1.26 bits per heavy atom. The van der Waals surface area contributed by atoms with Crippen molar-refractivity contribution in [2.75, 3.05) is 20.1 Å². The molecule has 106 valence electrons. The van der Waals surface area contributed by atoms with Gasteiger partial charge in [0.15, 0.2) is 0 Å². The van der Waals surface area contributed by atoms with Crippen molar-refractivity contribution in [1.29, 1.82) is 0 Å². The summed E-state index contributed by atoms with van der Waals surface area (Å²) in [6.45, 7) is 8.15. The molecule has 1 aromatic rings. The fourth-order valence-corrected chi connectivity index (χ4v) is 3.04. The molecule has 2 rings (SSSR count). The van der Waals surface area contributed by atoms with Gasteiger partial charge in [-0.15, -0.1) is 0 Å². The number of hydrogen-bond donors (Lipinski definition) is 1. The lowest BCUT2D eigenvalue weighted by atomic mass is 9.98. The lowest BCUT2D eigenvalue weighted by molar-refractivity contribution is 0.211. The van der Waals surface area contributed by atoms with Crippen molar-refractivity contribution < 1.29 is 0 Å². The zero-order valence-electron chi connectivity index (χ0n) is 12.7. The Bertz CT molecular complexity index is 389. The Morgan fingerprint density at radius 2 is 2.00 bits per heavy atom. The highest BCUT2D eigenvalue weighted by Crippen LogP contribution is 2.19. The highest BCUT2D eigenvalue weighted by atomic mass is 15.1. The molecule has 0 radical (unpaired) electrons. The lowest BCUT2D eigenvalue weighted by Gasteiger charge is -2.29. The van der Waals surface area contributed by atoms with Gasteiger partial charge in [-0.2, -0.15) is 0 Å². The zero-order chi connectivity index (χ0) is 13.7. The number of rotatable bonds is 5. The van der Waals surface area contributed by atoms with Crippen LogP contribution in [0.3, 0.4) is 0 Å². The molecule has 1 aliphatic heterocycles. The van der Waals surface area contributed by atoms with Crippen LogP contribution in [-0.4, -0.2) is 31.1 Å². The third-order valence-electron chi connectivity index (χ3n) is 4.59. The van der Waals surface area contributed by atoms with Gasteiger partial charge < -0.3 is 5.32 Å². The van der Waals surface area contributed by atoms with Crippen LogP contribution in [0.5, 0.6) is 0 Å². The first-order chi connectivity index (χ1) is 9.24. The number of fused-ring (bicyclic) bond motifs is 1. The second-order valence-corrected chi connectivity index (χ2v) is 5.89. The fourth-order valence-electron chi connectivity index (χ4n) is 3.04. The third-order valence-corrected chi connectivity index (χ3v) is 4.59. The molecule has 0 fully saturated rings. The van der Waals surface area contributed by atoms with E-state index in [0.717, 1.165) is 12.5 Å². The van der Waals surface area contributed by atoms with Gasteiger partial charge >= 0.3 is 0 Å². The first kappa shape index (κ1) is 14.5. The topological polar surface area (TPSA) is 15.3 Å². The van der Waals surface area contributed by atoms with E-state index < -0.39 is 0 Å². The minimum atomic E-state index is 0.607. The van der Waals surface area contributed by atoms with Crippen LogP contribution in [0.2, 0.25) is 0 Å². The monoisotopic (exact) mass is 260 g/mol. The van der Waals surface area contributed by atoms with Gasteiger partial charge in [-0.25, -0.2) is 0 Å². The van der Waals surface area contributed by atoms with Crippen molar-refractivity contribution in [2.45, 2.75) is 45.7 Å². The minimum absolute atomic E-state index is 0.607. The van der Waals surface area contributed by atoms with Crippen molar-refractivity contribution >= 4 is 0 Å². The molecule has 1 heterocycles. The predicted molar refractivity (Wildman–Crippen MR) is 82.3 cm³/mol. The van der Waals surface area contributed by atoms with E-state index in [1.165, 1.54) is 37.9 Å². The van der Waals surface area contributed by atoms with Crippen molar-refractivity contribution in [2.24, 2.45) is 5.92 Å². The maximum atomic E-state index is 3.50. The molecule has 19 heavy (non-hydrogen) atoms. The van der Waals surface area contributed by atoms with Crippen LogP contribution in [0.15, 0.2) is 24.3 Å². The zero-order valence-corrected chi connectivity index (χ0v) is 12.7. The summed E-state index contributed by atoms with van der Waals surface area (Å²) in [5.41, 5.74) is 3.08. The van der Waals surface area contributed by atoms with E-state index in [1.807, 2.05) is 0 Å². The summed E-state index contributed by atoms with van der Waals surface area (Å²) in [6.07, 6.45) is 3.77. The summed E-state index contributed by atoms with van der Waals surface area (Å²) in [5.74, 6) is 0.739. The Balaban J connectivity index is 2.02. The smallest absolute Gasteiger partial charge is 0.0237 e. The average Bonchev–Trinajstić information content (AvgIpc) is 2.65. The second kappa shape index (κ2) is 7.06. The summed E-state index contributed by atoms with van der Waals surface area (Å²) in [5, 5.41) is 3.50. The number of benzene rings is 1. The number of likely N-dealkylation sites (N-methyl/N-ethyl adjacent to an activating group) is 1. The maximum Gasteiger partial charge on any atom is 0.0237 e. The number of hydrogen-bond acceptors (Lipinski definition) is 2. The molecule has 0 aromatic heterocycles. The van der Waals surface area contributed by atoms with E-state index in [2.05, 4.69) is 55.4 Å². The van der Waals surface area contributed by atoms with Crippen molar-refractivity contribution in [1.82, 2.24) is 10.2 Å². The molecule has 2 nitrogen and oxygen atoms in total. The quantitative estimate of drug-likeness (QED) is 0.875. The van der Waals surface area contributed by atoms with Crippen LogP contribution in [-0.2, 0) is 13.0 Å². The molecule has 0 aliphatic carbocycles. The van der Waals surface area contributed by atoms with Crippen molar-refractivity contribution in [3.63, 3.8) is 0 Å². The van der Waals surface area contributed by atoms with Crippen LogP contribution < -0.4 is 5.32 Å². The van der Waals surface area contributed by atoms with Gasteiger partial charge in [-0.05, 0) is 43.5 Å². The molecular formula is C17H28N2. The molecule has 0 bridgehead atoms. The highest BCUT2D eigenvalue weighted by molar-refractivity contribution is 5.28. The van der Waals surface area contributed by atoms with Gasteiger partial charge in [-0.3, -0.25) is 4.90 Å². The molecule has 1 N–H and O–H groups in total. The van der Waals surface area contributed by atoms with Gasteiger partial charge in [0, 0.05) is 19.1 Å². The van der Waals surface area contributed by atoms with Crippen LogP contribution in [0.25, 0.3) is 0 Å². The predicted octanol–water partition coefficient (Wildman–Crippen LogP) is 3.07. The van der Waals surface area contributed by atoms with Crippen LogP contribution in [0, 0.1) is 5.92 Å². The Kier molecular flexibility index (Phi) is 5.41. The van der Waals surface area contributed by atoms with Crippen molar-refractivity contribution in [3.8, 4) is 0 Å². The van der Waals surface area contributed by atoms with Crippen LogP contribution in [0.1, 0.15) is 37.8 Å². The van der Waals surface area contributed by atoms with E-state index in [9.17, 15) is 0 Å². The van der Waals surface area contributed by atoms with Gasteiger partial charge in [0.1, 0.15) is 0 Å². The summed E-state index contributed by atoms with van der Waals surface area (Å²) >= 11 is 0. The molecule has 1 aromatic carbocycles. The fraction of sp³-hybridized carbons (Fsp3) is 0.647. The Labute approximate surface area is 118 Å². The molecule has 0 saturated heterocycles. The lowest BCUT2D eigenvalue weighted by Crippen LogP contribution is -2.43. The first-order valence-corrected chi connectivity index (χ1v) is 7.71. The molecule has 0 spiro atoms. The molecule has 1 aliphatic rings.